The number of H-pyrrole nitrogens is 1. The normalized spacial score (nSPS) is 33.9. The smallest absolute Gasteiger partial charge is 0.0922 e. The number of aromatic amines is 1. The Kier molecular flexibility index (Phi) is 2.93. The number of hydrogen-bond donors (Lipinski definition) is 2. The number of imidazole rings is 1. The molecule has 3 atom stereocenters. The van der Waals surface area contributed by atoms with Crippen LogP contribution in [0.1, 0.15) is 31.4 Å². The predicted molar refractivity (Wildman–Crippen MR) is 60.9 cm³/mol. The molecule has 0 bridgehead atoms. The molecule has 2 aliphatic rings. The molecule has 0 amide bonds. The molecule has 1 aromatic rings. The quantitative estimate of drug-likeness (QED) is 0.812. The van der Waals surface area contributed by atoms with Gasteiger partial charge in [0.25, 0.3) is 0 Å². The van der Waals surface area contributed by atoms with Gasteiger partial charge in [-0.25, -0.2) is 4.98 Å². The van der Waals surface area contributed by atoms with Crippen molar-refractivity contribution in [3.63, 3.8) is 0 Å². The van der Waals surface area contributed by atoms with E-state index in [1.54, 1.807) is 6.33 Å². The molecule has 1 aromatic heterocycles. The van der Waals surface area contributed by atoms with Gasteiger partial charge in [-0.05, 0) is 25.7 Å². The first-order chi connectivity index (χ1) is 7.93. The lowest BCUT2D eigenvalue weighted by atomic mass is 9.82. The molecule has 0 spiro atoms. The van der Waals surface area contributed by atoms with E-state index in [-0.39, 0.29) is 0 Å². The van der Waals surface area contributed by atoms with Crippen LogP contribution in [-0.4, -0.2) is 28.7 Å². The molecule has 0 aromatic carbocycles. The van der Waals surface area contributed by atoms with Crippen molar-refractivity contribution >= 4 is 0 Å². The van der Waals surface area contributed by atoms with Gasteiger partial charge >= 0.3 is 0 Å². The molecule has 2 fully saturated rings. The summed E-state index contributed by atoms with van der Waals surface area (Å²) in [7, 11) is 0. The van der Waals surface area contributed by atoms with Crippen LogP contribution in [0.4, 0.5) is 0 Å². The van der Waals surface area contributed by atoms with Crippen molar-refractivity contribution in [2.45, 2.75) is 44.4 Å². The third-order valence-electron chi connectivity index (χ3n) is 3.89. The van der Waals surface area contributed by atoms with Crippen LogP contribution in [-0.2, 0) is 11.3 Å². The molecule has 88 valence electrons. The van der Waals surface area contributed by atoms with E-state index in [1.807, 2.05) is 6.20 Å². The third-order valence-corrected chi connectivity index (χ3v) is 3.89. The average molecular weight is 221 g/mol. The Bertz CT molecular complexity index is 325. The monoisotopic (exact) mass is 221 g/mol. The fraction of sp³-hybridized carbons (Fsp3) is 0.750. The Hall–Kier alpha value is -0.870. The van der Waals surface area contributed by atoms with Crippen molar-refractivity contribution in [1.82, 2.24) is 15.3 Å². The Labute approximate surface area is 95.8 Å². The summed E-state index contributed by atoms with van der Waals surface area (Å²) >= 11 is 0. The van der Waals surface area contributed by atoms with Gasteiger partial charge in [-0.3, -0.25) is 0 Å². The van der Waals surface area contributed by atoms with Gasteiger partial charge in [0, 0.05) is 37.0 Å². The van der Waals surface area contributed by atoms with E-state index in [1.165, 1.54) is 31.4 Å². The van der Waals surface area contributed by atoms with Crippen molar-refractivity contribution in [3.05, 3.63) is 18.2 Å². The van der Waals surface area contributed by atoms with Gasteiger partial charge in [-0.1, -0.05) is 0 Å². The second kappa shape index (κ2) is 4.55. The van der Waals surface area contributed by atoms with Crippen LogP contribution in [0.25, 0.3) is 0 Å². The van der Waals surface area contributed by atoms with E-state index in [4.69, 9.17) is 4.74 Å². The van der Waals surface area contributed by atoms with Gasteiger partial charge in [-0.2, -0.15) is 0 Å². The molecule has 2 N–H and O–H groups in total. The molecule has 4 nitrogen and oxygen atoms in total. The summed E-state index contributed by atoms with van der Waals surface area (Å²) in [6.45, 7) is 1.85. The molecule has 1 aliphatic heterocycles. The molecule has 4 heteroatoms. The van der Waals surface area contributed by atoms with Gasteiger partial charge in [0.05, 0.1) is 12.4 Å². The van der Waals surface area contributed by atoms with Crippen LogP contribution in [0.15, 0.2) is 12.5 Å². The maximum atomic E-state index is 5.76. The lowest BCUT2D eigenvalue weighted by Gasteiger charge is -2.33. The highest BCUT2D eigenvalue weighted by molar-refractivity contribution is 4.96. The molecule has 16 heavy (non-hydrogen) atoms. The van der Waals surface area contributed by atoms with Gasteiger partial charge in [0.1, 0.15) is 0 Å². The van der Waals surface area contributed by atoms with Crippen molar-refractivity contribution in [1.29, 1.82) is 0 Å². The minimum atomic E-state index is 0.521. The zero-order valence-electron chi connectivity index (χ0n) is 9.48. The van der Waals surface area contributed by atoms with E-state index in [0.29, 0.717) is 12.1 Å². The summed E-state index contributed by atoms with van der Waals surface area (Å²) in [5.41, 5.74) is 1.17. The molecule has 1 saturated heterocycles. The molecule has 1 aliphatic carbocycles. The summed E-state index contributed by atoms with van der Waals surface area (Å²) in [5, 5.41) is 3.64. The summed E-state index contributed by atoms with van der Waals surface area (Å²) in [5.74, 6) is 0.733. The highest BCUT2D eigenvalue weighted by Gasteiger charge is 2.37. The van der Waals surface area contributed by atoms with Gasteiger partial charge < -0.3 is 15.0 Å². The van der Waals surface area contributed by atoms with E-state index >= 15 is 0 Å². The van der Waals surface area contributed by atoms with E-state index in [9.17, 15) is 0 Å². The number of nitrogens with zero attached hydrogens (tertiary/aromatic N) is 1. The lowest BCUT2D eigenvalue weighted by molar-refractivity contribution is 0.0529. The molecule has 0 radical (unpaired) electrons. The van der Waals surface area contributed by atoms with Crippen LogP contribution in [0.2, 0.25) is 0 Å². The van der Waals surface area contributed by atoms with Gasteiger partial charge in [0.15, 0.2) is 0 Å². The Morgan fingerprint density at radius 2 is 2.44 bits per heavy atom. The molecule has 3 unspecified atom stereocenters. The number of aromatic nitrogens is 2. The third kappa shape index (κ3) is 1.99. The summed E-state index contributed by atoms with van der Waals surface area (Å²) in [6.07, 6.45) is 9.21. The number of rotatable bonds is 3. The average Bonchev–Trinajstić information content (AvgIpc) is 2.97. The van der Waals surface area contributed by atoms with Crippen molar-refractivity contribution < 1.29 is 4.74 Å². The van der Waals surface area contributed by atoms with Gasteiger partial charge in [-0.15, -0.1) is 0 Å². The molecule has 3 rings (SSSR count). The van der Waals surface area contributed by atoms with E-state index in [0.717, 1.165) is 19.1 Å². The largest absolute Gasteiger partial charge is 0.378 e. The van der Waals surface area contributed by atoms with Crippen molar-refractivity contribution in [2.75, 3.05) is 6.61 Å². The lowest BCUT2D eigenvalue weighted by Crippen LogP contribution is -2.42. The van der Waals surface area contributed by atoms with Crippen LogP contribution in [0, 0.1) is 5.92 Å². The van der Waals surface area contributed by atoms with Crippen LogP contribution in [0.3, 0.4) is 0 Å². The first-order valence-electron chi connectivity index (χ1n) is 6.26. The maximum absolute atomic E-state index is 5.76. The number of nitrogens with one attached hydrogen (secondary N) is 2. The second-order valence-electron chi connectivity index (χ2n) is 4.86. The van der Waals surface area contributed by atoms with E-state index in [2.05, 4.69) is 15.3 Å². The number of ether oxygens (including phenoxy) is 1. The molecule has 2 heterocycles. The minimum Gasteiger partial charge on any atom is -0.378 e. The van der Waals surface area contributed by atoms with Crippen LogP contribution < -0.4 is 5.32 Å². The van der Waals surface area contributed by atoms with Crippen molar-refractivity contribution in [3.8, 4) is 0 Å². The zero-order chi connectivity index (χ0) is 10.8. The highest BCUT2D eigenvalue weighted by atomic mass is 16.5. The predicted octanol–water partition coefficient (Wildman–Crippen LogP) is 1.46. The Balaban J connectivity index is 1.57. The maximum Gasteiger partial charge on any atom is 0.0922 e. The fourth-order valence-electron chi connectivity index (χ4n) is 3.05. The van der Waals surface area contributed by atoms with Gasteiger partial charge in [0.2, 0.25) is 0 Å². The summed E-state index contributed by atoms with van der Waals surface area (Å²) in [4.78, 5) is 7.16. The Morgan fingerprint density at radius 3 is 3.31 bits per heavy atom. The minimum absolute atomic E-state index is 0.521. The highest BCUT2D eigenvalue weighted by Crippen LogP contribution is 2.34. The Morgan fingerprint density at radius 1 is 1.44 bits per heavy atom. The fourth-order valence-corrected chi connectivity index (χ4v) is 3.05. The topological polar surface area (TPSA) is 49.9 Å². The van der Waals surface area contributed by atoms with E-state index < -0.39 is 0 Å². The standard InChI is InChI=1S/C12H19N3O/c1-2-11(10-4-5-16-12(10)3-1)14-7-9-6-13-8-15-9/h6,8,10-12,14H,1-5,7H2,(H,13,15). The molecule has 1 saturated carbocycles. The molecular weight excluding hydrogens is 202 g/mol. The molecular formula is C12H19N3O. The number of fused-ring (bicyclic) bond motifs is 1. The van der Waals surface area contributed by atoms with Crippen molar-refractivity contribution in [2.24, 2.45) is 5.92 Å². The second-order valence-corrected chi connectivity index (χ2v) is 4.86. The summed E-state index contributed by atoms with van der Waals surface area (Å²) < 4.78 is 5.76. The van der Waals surface area contributed by atoms with Crippen LogP contribution >= 0.6 is 0 Å². The van der Waals surface area contributed by atoms with Crippen LogP contribution in [0.5, 0.6) is 0 Å². The first kappa shape index (κ1) is 10.3. The zero-order valence-corrected chi connectivity index (χ0v) is 9.48. The SMILES string of the molecule is c1ncc(CNC2CCCC3OCCC23)[nH]1. The number of hydrogen-bond acceptors (Lipinski definition) is 3. The summed E-state index contributed by atoms with van der Waals surface area (Å²) in [6, 6.07) is 0.629. The first-order valence-corrected chi connectivity index (χ1v) is 6.26.